The summed E-state index contributed by atoms with van der Waals surface area (Å²) in [6, 6.07) is 7.89. The van der Waals surface area contributed by atoms with Gasteiger partial charge in [-0.1, -0.05) is 6.07 Å². The number of aryl methyl sites for hydroxylation is 1. The fourth-order valence-electron chi connectivity index (χ4n) is 3.32. The van der Waals surface area contributed by atoms with Crippen LogP contribution in [0.1, 0.15) is 11.5 Å². The molecular formula is C18H22N4O2. The van der Waals surface area contributed by atoms with E-state index in [1.54, 1.807) is 0 Å². The molecule has 0 amide bonds. The van der Waals surface area contributed by atoms with Crippen molar-refractivity contribution in [3.63, 3.8) is 0 Å². The maximum Gasteiger partial charge on any atom is 0.128 e. The van der Waals surface area contributed by atoms with E-state index < -0.39 is 6.10 Å². The SMILES string of the molecule is Cc1cn2c(n1)CN(CC(O)COc1cccc3[nH]ccc13)CC2. The Kier molecular flexibility index (Phi) is 4.00. The van der Waals surface area contributed by atoms with Crippen LogP contribution in [0.25, 0.3) is 10.9 Å². The molecule has 6 heteroatoms. The number of nitrogens with zero attached hydrogens (tertiary/aromatic N) is 3. The second kappa shape index (κ2) is 6.30. The minimum Gasteiger partial charge on any atom is -0.490 e. The lowest BCUT2D eigenvalue weighted by Gasteiger charge is -2.29. The van der Waals surface area contributed by atoms with Crippen molar-refractivity contribution in [1.29, 1.82) is 0 Å². The summed E-state index contributed by atoms with van der Waals surface area (Å²) in [4.78, 5) is 9.93. The van der Waals surface area contributed by atoms with Crippen molar-refractivity contribution < 1.29 is 9.84 Å². The Morgan fingerprint density at radius 2 is 2.25 bits per heavy atom. The summed E-state index contributed by atoms with van der Waals surface area (Å²) in [6.45, 7) is 5.52. The lowest BCUT2D eigenvalue weighted by molar-refractivity contribution is 0.0588. The molecule has 6 nitrogen and oxygen atoms in total. The number of hydrogen-bond donors (Lipinski definition) is 2. The monoisotopic (exact) mass is 326 g/mol. The molecule has 1 aliphatic rings. The quantitative estimate of drug-likeness (QED) is 0.752. The number of rotatable bonds is 5. The standard InChI is InChI=1S/C18H22N4O2/c1-13-9-22-8-7-21(11-18(22)20-13)10-14(23)12-24-17-4-2-3-16-15(17)5-6-19-16/h2-6,9,14,19,23H,7-8,10-12H2,1H3. The molecule has 2 aromatic heterocycles. The fourth-order valence-corrected chi connectivity index (χ4v) is 3.32. The van der Waals surface area contributed by atoms with E-state index >= 15 is 0 Å². The Bertz CT molecular complexity index is 839. The summed E-state index contributed by atoms with van der Waals surface area (Å²) < 4.78 is 8.03. The van der Waals surface area contributed by atoms with Crippen LogP contribution in [-0.4, -0.2) is 50.3 Å². The molecule has 0 fully saturated rings. The van der Waals surface area contributed by atoms with Crippen LogP contribution < -0.4 is 4.74 Å². The average Bonchev–Trinajstić information content (AvgIpc) is 3.17. The Hall–Kier alpha value is -2.31. The average molecular weight is 326 g/mol. The first-order valence-electron chi connectivity index (χ1n) is 8.31. The molecule has 1 atom stereocenters. The number of hydrogen-bond acceptors (Lipinski definition) is 4. The maximum absolute atomic E-state index is 10.3. The topological polar surface area (TPSA) is 66.3 Å². The molecular weight excluding hydrogens is 304 g/mol. The molecule has 0 saturated heterocycles. The largest absolute Gasteiger partial charge is 0.490 e. The normalized spacial score (nSPS) is 16.2. The van der Waals surface area contributed by atoms with Crippen molar-refractivity contribution in [2.45, 2.75) is 26.1 Å². The molecule has 24 heavy (non-hydrogen) atoms. The highest BCUT2D eigenvalue weighted by atomic mass is 16.5. The van der Waals surface area contributed by atoms with E-state index in [2.05, 4.69) is 25.6 Å². The highest BCUT2D eigenvalue weighted by Crippen LogP contribution is 2.24. The third-order valence-corrected chi connectivity index (χ3v) is 4.46. The van der Waals surface area contributed by atoms with E-state index in [4.69, 9.17) is 4.74 Å². The molecule has 126 valence electrons. The summed E-state index contributed by atoms with van der Waals surface area (Å²) in [5, 5.41) is 11.4. The Labute approximate surface area is 140 Å². The van der Waals surface area contributed by atoms with Crippen molar-refractivity contribution in [3.8, 4) is 5.75 Å². The molecule has 0 bridgehead atoms. The molecule has 1 aromatic carbocycles. The number of ether oxygens (including phenoxy) is 1. The van der Waals surface area contributed by atoms with E-state index in [0.717, 1.165) is 47.8 Å². The number of aromatic amines is 1. The number of imidazole rings is 1. The Morgan fingerprint density at radius 3 is 3.17 bits per heavy atom. The van der Waals surface area contributed by atoms with Gasteiger partial charge in [0.2, 0.25) is 0 Å². The summed E-state index contributed by atoms with van der Waals surface area (Å²) in [6.07, 6.45) is 3.46. The van der Waals surface area contributed by atoms with Gasteiger partial charge in [0.25, 0.3) is 0 Å². The van der Waals surface area contributed by atoms with Crippen LogP contribution in [0.5, 0.6) is 5.75 Å². The van der Waals surface area contributed by atoms with Gasteiger partial charge < -0.3 is 19.4 Å². The Morgan fingerprint density at radius 1 is 1.33 bits per heavy atom. The number of nitrogens with one attached hydrogen (secondary N) is 1. The zero-order chi connectivity index (χ0) is 16.5. The summed E-state index contributed by atoms with van der Waals surface area (Å²) in [5.74, 6) is 1.88. The van der Waals surface area contributed by atoms with E-state index in [0.29, 0.717) is 6.54 Å². The minimum absolute atomic E-state index is 0.286. The minimum atomic E-state index is -0.526. The van der Waals surface area contributed by atoms with Crippen LogP contribution in [-0.2, 0) is 13.1 Å². The zero-order valence-electron chi connectivity index (χ0n) is 13.8. The summed E-state index contributed by atoms with van der Waals surface area (Å²) in [7, 11) is 0. The molecule has 2 N–H and O–H groups in total. The second-order valence-corrected chi connectivity index (χ2v) is 6.39. The molecule has 3 heterocycles. The van der Waals surface area contributed by atoms with E-state index in [1.165, 1.54) is 0 Å². The van der Waals surface area contributed by atoms with Crippen LogP contribution >= 0.6 is 0 Å². The van der Waals surface area contributed by atoms with Crippen molar-refractivity contribution in [1.82, 2.24) is 19.4 Å². The lowest BCUT2D eigenvalue weighted by Crippen LogP contribution is -2.40. The molecule has 0 saturated carbocycles. The fraction of sp³-hybridized carbons (Fsp3) is 0.389. The molecule has 1 unspecified atom stereocenters. The number of β-amino-alcohol motifs (C(OH)–C–C–N with tert-alkyl or cyclic N) is 1. The van der Waals surface area contributed by atoms with Crippen LogP contribution in [0.15, 0.2) is 36.7 Å². The first kappa shape index (κ1) is 15.2. The summed E-state index contributed by atoms with van der Waals surface area (Å²) >= 11 is 0. The van der Waals surface area contributed by atoms with Gasteiger partial charge in [-0.25, -0.2) is 4.98 Å². The van der Waals surface area contributed by atoms with Gasteiger partial charge in [-0.05, 0) is 25.1 Å². The predicted molar refractivity (Wildman–Crippen MR) is 92.0 cm³/mol. The van der Waals surface area contributed by atoms with Crippen LogP contribution in [0.4, 0.5) is 0 Å². The highest BCUT2D eigenvalue weighted by Gasteiger charge is 2.20. The number of aliphatic hydroxyl groups excluding tert-OH is 1. The van der Waals surface area contributed by atoms with Gasteiger partial charge >= 0.3 is 0 Å². The second-order valence-electron chi connectivity index (χ2n) is 6.39. The van der Waals surface area contributed by atoms with Gasteiger partial charge in [0, 0.05) is 42.9 Å². The van der Waals surface area contributed by atoms with Crippen molar-refractivity contribution >= 4 is 10.9 Å². The molecule has 0 radical (unpaired) electrons. The molecule has 3 aromatic rings. The van der Waals surface area contributed by atoms with Crippen LogP contribution in [0.2, 0.25) is 0 Å². The first-order chi connectivity index (χ1) is 11.7. The first-order valence-corrected chi connectivity index (χ1v) is 8.31. The zero-order valence-corrected chi connectivity index (χ0v) is 13.8. The number of H-pyrrole nitrogens is 1. The summed E-state index contributed by atoms with van der Waals surface area (Å²) in [5.41, 5.74) is 2.09. The van der Waals surface area contributed by atoms with Crippen molar-refractivity contribution in [2.24, 2.45) is 0 Å². The molecule has 0 aliphatic carbocycles. The number of benzene rings is 1. The van der Waals surface area contributed by atoms with Gasteiger partial charge in [-0.3, -0.25) is 4.90 Å². The molecule has 0 spiro atoms. The Balaban J connectivity index is 1.34. The molecule has 1 aliphatic heterocycles. The third kappa shape index (κ3) is 3.02. The van der Waals surface area contributed by atoms with Crippen LogP contribution in [0.3, 0.4) is 0 Å². The van der Waals surface area contributed by atoms with Gasteiger partial charge in [0.15, 0.2) is 0 Å². The van der Waals surface area contributed by atoms with Gasteiger partial charge in [-0.15, -0.1) is 0 Å². The van der Waals surface area contributed by atoms with Gasteiger partial charge in [0.05, 0.1) is 12.2 Å². The number of aromatic nitrogens is 3. The molecule has 4 rings (SSSR count). The lowest BCUT2D eigenvalue weighted by atomic mass is 10.2. The van der Waals surface area contributed by atoms with E-state index in [-0.39, 0.29) is 6.61 Å². The van der Waals surface area contributed by atoms with Gasteiger partial charge in [-0.2, -0.15) is 0 Å². The van der Waals surface area contributed by atoms with Crippen molar-refractivity contribution in [3.05, 3.63) is 48.2 Å². The smallest absolute Gasteiger partial charge is 0.128 e. The number of aliphatic hydroxyl groups is 1. The highest BCUT2D eigenvalue weighted by molar-refractivity contribution is 5.85. The van der Waals surface area contributed by atoms with Gasteiger partial charge in [0.1, 0.15) is 24.3 Å². The third-order valence-electron chi connectivity index (χ3n) is 4.46. The number of fused-ring (bicyclic) bond motifs is 2. The van der Waals surface area contributed by atoms with Crippen molar-refractivity contribution in [2.75, 3.05) is 19.7 Å². The predicted octanol–water partition coefficient (Wildman–Crippen LogP) is 1.93. The maximum atomic E-state index is 10.3. The van der Waals surface area contributed by atoms with E-state index in [1.807, 2.05) is 37.4 Å². The van der Waals surface area contributed by atoms with Crippen LogP contribution in [0, 0.1) is 6.92 Å². The van der Waals surface area contributed by atoms with E-state index in [9.17, 15) is 5.11 Å².